The van der Waals surface area contributed by atoms with Gasteiger partial charge in [0, 0.05) is 38.1 Å². The molecule has 2 fully saturated rings. The highest BCUT2D eigenvalue weighted by Gasteiger charge is 2.42. The Morgan fingerprint density at radius 3 is 2.23 bits per heavy atom. The van der Waals surface area contributed by atoms with Crippen LogP contribution in [0.15, 0.2) is 0 Å². The highest BCUT2D eigenvalue weighted by molar-refractivity contribution is 6.99. The maximum atomic E-state index is 12.6. The predicted octanol–water partition coefficient (Wildman–Crippen LogP) is 2.36. The van der Waals surface area contributed by atoms with Crippen LogP contribution in [0.2, 0.25) is 0 Å². The molecule has 8 nitrogen and oxygen atoms in total. The summed E-state index contributed by atoms with van der Waals surface area (Å²) in [6.45, 7) is 12.6. The van der Waals surface area contributed by atoms with E-state index in [9.17, 15) is 9.59 Å². The fourth-order valence-electron chi connectivity index (χ4n) is 3.14. The van der Waals surface area contributed by atoms with Crippen molar-refractivity contribution in [2.45, 2.75) is 46.6 Å². The molecule has 2 saturated heterocycles. The molecule has 2 aliphatic heterocycles. The van der Waals surface area contributed by atoms with Crippen molar-refractivity contribution < 1.29 is 14.3 Å². The average molecular weight is 382 g/mol. The Morgan fingerprint density at radius 2 is 1.69 bits per heavy atom. The molecule has 0 unspecified atom stereocenters. The molecule has 0 bridgehead atoms. The van der Waals surface area contributed by atoms with E-state index in [1.165, 1.54) is 0 Å². The van der Waals surface area contributed by atoms with E-state index in [4.69, 9.17) is 4.74 Å². The molecule has 0 aromatic carbocycles. The third kappa shape index (κ3) is 3.77. The molecule has 0 N–H and O–H groups in total. The lowest BCUT2D eigenvalue weighted by atomic mass is 9.92. The van der Waals surface area contributed by atoms with Crippen LogP contribution in [0.1, 0.15) is 41.0 Å². The lowest BCUT2D eigenvalue weighted by Crippen LogP contribution is -2.50. The summed E-state index contributed by atoms with van der Waals surface area (Å²) in [6, 6.07) is 0. The molecular formula is C17H27N5O3S. The van der Waals surface area contributed by atoms with Gasteiger partial charge in [-0.05, 0) is 27.2 Å². The van der Waals surface area contributed by atoms with Gasteiger partial charge in [-0.1, -0.05) is 13.8 Å². The summed E-state index contributed by atoms with van der Waals surface area (Å²) in [6.07, 6.45) is 0.528. The van der Waals surface area contributed by atoms with E-state index >= 15 is 0 Å². The van der Waals surface area contributed by atoms with Gasteiger partial charge in [0.25, 0.3) is 0 Å². The molecule has 2 amide bonds. The van der Waals surface area contributed by atoms with E-state index in [1.807, 2.05) is 34.6 Å². The number of anilines is 2. The molecule has 26 heavy (non-hydrogen) atoms. The largest absolute Gasteiger partial charge is 0.444 e. The van der Waals surface area contributed by atoms with Crippen LogP contribution in [0, 0.1) is 5.41 Å². The molecule has 9 heteroatoms. The maximum Gasteiger partial charge on any atom is 0.410 e. The second-order valence-electron chi connectivity index (χ2n) is 8.46. The molecule has 0 spiro atoms. The van der Waals surface area contributed by atoms with Crippen molar-refractivity contribution in [2.24, 2.45) is 5.41 Å². The molecule has 3 rings (SSSR count). The van der Waals surface area contributed by atoms with Crippen LogP contribution in [0.4, 0.5) is 16.4 Å². The third-order valence-corrected chi connectivity index (χ3v) is 5.23. The summed E-state index contributed by atoms with van der Waals surface area (Å²) in [5, 5.41) is 0. The molecule has 0 atom stereocenters. The number of amides is 2. The Balaban J connectivity index is 1.66. The zero-order valence-electron chi connectivity index (χ0n) is 16.1. The maximum absolute atomic E-state index is 12.6. The minimum atomic E-state index is -0.497. The normalized spacial score (nSPS) is 20.7. The molecule has 144 valence electrons. The molecule has 0 aliphatic carbocycles. The molecule has 1 aromatic heterocycles. The number of carbonyl (C=O) groups is 2. The van der Waals surface area contributed by atoms with Gasteiger partial charge in [0.15, 0.2) is 11.6 Å². The minimum Gasteiger partial charge on any atom is -0.444 e. The summed E-state index contributed by atoms with van der Waals surface area (Å²) in [7, 11) is 0. The second kappa shape index (κ2) is 6.68. The summed E-state index contributed by atoms with van der Waals surface area (Å²) < 4.78 is 14.2. The van der Waals surface area contributed by atoms with Gasteiger partial charge < -0.3 is 14.5 Å². The topological polar surface area (TPSA) is 78.9 Å². The van der Waals surface area contributed by atoms with Crippen LogP contribution in [0.25, 0.3) is 0 Å². The van der Waals surface area contributed by atoms with Gasteiger partial charge in [-0.2, -0.15) is 8.75 Å². The first kappa shape index (κ1) is 18.9. The third-order valence-electron chi connectivity index (χ3n) is 4.73. The summed E-state index contributed by atoms with van der Waals surface area (Å²) in [5.74, 6) is 1.49. The Bertz CT molecular complexity index is 689. The van der Waals surface area contributed by atoms with Crippen LogP contribution in [-0.2, 0) is 9.53 Å². The van der Waals surface area contributed by atoms with Gasteiger partial charge in [-0.15, -0.1) is 0 Å². The van der Waals surface area contributed by atoms with Crippen LogP contribution < -0.4 is 9.80 Å². The van der Waals surface area contributed by atoms with Gasteiger partial charge in [0.1, 0.15) is 5.60 Å². The van der Waals surface area contributed by atoms with Crippen molar-refractivity contribution in [1.82, 2.24) is 13.6 Å². The highest BCUT2D eigenvalue weighted by atomic mass is 32.1. The Hall–Kier alpha value is -1.90. The van der Waals surface area contributed by atoms with E-state index in [0.29, 0.717) is 38.5 Å². The quantitative estimate of drug-likeness (QED) is 0.782. The number of hydrogen-bond acceptors (Lipinski definition) is 7. The number of nitrogens with zero attached hydrogens (tertiary/aromatic N) is 5. The first-order chi connectivity index (χ1) is 12.1. The number of carbonyl (C=O) groups excluding carboxylic acids is 2. The SMILES string of the molecule is CC(C)(C)OC(=O)N1CCN(c2nsnc2N2CCC(C)(C)C2=O)CC1. The summed E-state index contributed by atoms with van der Waals surface area (Å²) in [5.41, 5.74) is -0.848. The molecule has 2 aliphatic rings. The first-order valence-electron chi connectivity index (χ1n) is 8.96. The van der Waals surface area contributed by atoms with Crippen molar-refractivity contribution in [3.05, 3.63) is 0 Å². The summed E-state index contributed by atoms with van der Waals surface area (Å²) in [4.78, 5) is 30.4. The van der Waals surface area contributed by atoms with Gasteiger partial charge in [-0.25, -0.2) is 4.79 Å². The molecule has 0 saturated carbocycles. The van der Waals surface area contributed by atoms with Gasteiger partial charge in [0.05, 0.1) is 11.7 Å². The van der Waals surface area contributed by atoms with Crippen molar-refractivity contribution >= 4 is 35.4 Å². The van der Waals surface area contributed by atoms with Crippen molar-refractivity contribution in [3.63, 3.8) is 0 Å². The second-order valence-corrected chi connectivity index (χ2v) is 8.98. The van der Waals surface area contributed by atoms with Gasteiger partial charge in [-0.3, -0.25) is 9.69 Å². The first-order valence-corrected chi connectivity index (χ1v) is 9.69. The van der Waals surface area contributed by atoms with E-state index in [2.05, 4.69) is 13.6 Å². The van der Waals surface area contributed by atoms with E-state index in [1.54, 1.807) is 9.80 Å². The van der Waals surface area contributed by atoms with Crippen LogP contribution in [-0.4, -0.2) is 64.0 Å². The van der Waals surface area contributed by atoms with Crippen LogP contribution in [0.5, 0.6) is 0 Å². The Kier molecular flexibility index (Phi) is 4.85. The lowest BCUT2D eigenvalue weighted by Gasteiger charge is -2.36. The van der Waals surface area contributed by atoms with Crippen molar-refractivity contribution in [1.29, 1.82) is 0 Å². The van der Waals surface area contributed by atoms with E-state index in [-0.39, 0.29) is 17.4 Å². The smallest absolute Gasteiger partial charge is 0.410 e. The standard InChI is InChI=1S/C17H27N5O3S/c1-16(2,3)25-15(24)21-10-8-20(9-11-21)12-13(19-26-18-12)22-7-6-17(4,5)14(22)23/h6-11H2,1-5H3. The number of rotatable bonds is 2. The molecule has 1 aromatic rings. The average Bonchev–Trinajstić information content (AvgIpc) is 3.11. The van der Waals surface area contributed by atoms with Crippen molar-refractivity contribution in [3.8, 4) is 0 Å². The zero-order valence-corrected chi connectivity index (χ0v) is 16.9. The Morgan fingerprint density at radius 1 is 1.08 bits per heavy atom. The highest BCUT2D eigenvalue weighted by Crippen LogP contribution is 2.37. The van der Waals surface area contributed by atoms with Crippen LogP contribution >= 0.6 is 11.7 Å². The summed E-state index contributed by atoms with van der Waals surface area (Å²) >= 11 is 1.12. The monoisotopic (exact) mass is 381 g/mol. The minimum absolute atomic E-state index is 0.0961. The lowest BCUT2D eigenvalue weighted by molar-refractivity contribution is -0.124. The number of aromatic nitrogens is 2. The number of hydrogen-bond donors (Lipinski definition) is 0. The number of piperazine rings is 1. The fourth-order valence-corrected chi connectivity index (χ4v) is 3.72. The van der Waals surface area contributed by atoms with Crippen LogP contribution in [0.3, 0.4) is 0 Å². The van der Waals surface area contributed by atoms with Gasteiger partial charge in [0.2, 0.25) is 5.91 Å². The zero-order chi connectivity index (χ0) is 19.1. The van der Waals surface area contributed by atoms with Gasteiger partial charge >= 0.3 is 6.09 Å². The van der Waals surface area contributed by atoms with E-state index < -0.39 is 5.60 Å². The molecule has 3 heterocycles. The number of ether oxygens (including phenoxy) is 1. The molecule has 0 radical (unpaired) electrons. The van der Waals surface area contributed by atoms with E-state index in [0.717, 1.165) is 24.0 Å². The van der Waals surface area contributed by atoms with Crippen molar-refractivity contribution in [2.75, 3.05) is 42.5 Å². The Labute approximate surface area is 158 Å². The molecular weight excluding hydrogens is 354 g/mol. The predicted molar refractivity (Wildman–Crippen MR) is 101 cm³/mol. The fraction of sp³-hybridized carbons (Fsp3) is 0.765.